The number of aliphatic hydroxyl groups excluding tert-OH is 1. The van der Waals surface area contributed by atoms with Crippen LogP contribution in [-0.4, -0.2) is 42.7 Å². The van der Waals surface area contributed by atoms with Gasteiger partial charge >= 0.3 is 0 Å². The first-order chi connectivity index (χ1) is 14.3. The number of morpholine rings is 1. The number of nitrogens with zero attached hydrogens (tertiary/aromatic N) is 2. The maximum Gasteiger partial charge on any atom is 0.124 e. The summed E-state index contributed by atoms with van der Waals surface area (Å²) in [5, 5.41) is 14.9. The second-order valence-corrected chi connectivity index (χ2v) is 9.17. The van der Waals surface area contributed by atoms with Gasteiger partial charge in [0.05, 0.1) is 18.2 Å². The predicted octanol–water partition coefficient (Wildman–Crippen LogP) is 5.04. The number of hydrogen-bond donors (Lipinski definition) is 2. The molecule has 0 saturated carbocycles. The van der Waals surface area contributed by atoms with Crippen LogP contribution in [0.3, 0.4) is 0 Å². The van der Waals surface area contributed by atoms with Crippen LogP contribution < -0.4 is 15.1 Å². The van der Waals surface area contributed by atoms with Crippen LogP contribution in [0.2, 0.25) is 5.02 Å². The van der Waals surface area contributed by atoms with Crippen molar-refractivity contribution in [2.75, 3.05) is 28.2 Å². The van der Waals surface area contributed by atoms with Gasteiger partial charge in [0, 0.05) is 41.2 Å². The van der Waals surface area contributed by atoms with E-state index in [9.17, 15) is 5.11 Å². The van der Waals surface area contributed by atoms with Crippen LogP contribution in [0.1, 0.15) is 45.7 Å². The summed E-state index contributed by atoms with van der Waals surface area (Å²) in [6.07, 6.45) is 0.785. The van der Waals surface area contributed by atoms with Crippen molar-refractivity contribution >= 4 is 28.7 Å². The van der Waals surface area contributed by atoms with E-state index in [-0.39, 0.29) is 24.3 Å². The smallest absolute Gasteiger partial charge is 0.124 e. The summed E-state index contributed by atoms with van der Waals surface area (Å²) in [5.74, 6) is 0. The molecule has 5 nitrogen and oxygen atoms in total. The summed E-state index contributed by atoms with van der Waals surface area (Å²) in [7, 11) is 0. The molecule has 30 heavy (non-hydrogen) atoms. The van der Waals surface area contributed by atoms with E-state index in [0.717, 1.165) is 35.9 Å². The molecule has 5 unspecified atom stereocenters. The molecule has 0 aromatic heterocycles. The van der Waals surface area contributed by atoms with Gasteiger partial charge in [0.2, 0.25) is 0 Å². The van der Waals surface area contributed by atoms with Gasteiger partial charge in [0.1, 0.15) is 6.23 Å². The molecular formula is C24H32ClN3O2. The topological polar surface area (TPSA) is 48.0 Å². The van der Waals surface area contributed by atoms with E-state index in [1.54, 1.807) is 0 Å². The Balaban J connectivity index is 1.69. The summed E-state index contributed by atoms with van der Waals surface area (Å²) in [5.41, 5.74) is 4.56. The first-order valence-electron chi connectivity index (χ1n) is 10.8. The molecule has 1 saturated heterocycles. The lowest BCUT2D eigenvalue weighted by atomic mass is 9.90. The molecule has 2 heterocycles. The van der Waals surface area contributed by atoms with E-state index in [0.29, 0.717) is 0 Å². The third-order valence-corrected chi connectivity index (χ3v) is 6.34. The highest BCUT2D eigenvalue weighted by atomic mass is 35.5. The average molecular weight is 430 g/mol. The summed E-state index contributed by atoms with van der Waals surface area (Å²) in [6.45, 7) is 10.0. The fraction of sp³-hybridized carbons (Fsp3) is 0.500. The van der Waals surface area contributed by atoms with E-state index >= 15 is 0 Å². The minimum Gasteiger partial charge on any atom is -0.378 e. The maximum atomic E-state index is 10.5. The summed E-state index contributed by atoms with van der Waals surface area (Å²) < 4.78 is 5.92. The van der Waals surface area contributed by atoms with Gasteiger partial charge in [-0.1, -0.05) is 11.6 Å². The lowest BCUT2D eigenvalue weighted by molar-refractivity contribution is -0.00522. The average Bonchev–Trinajstić information content (AvgIpc) is 2.68. The highest BCUT2D eigenvalue weighted by Crippen LogP contribution is 2.42. The van der Waals surface area contributed by atoms with Crippen LogP contribution in [-0.2, 0) is 4.74 Å². The van der Waals surface area contributed by atoms with E-state index in [4.69, 9.17) is 16.3 Å². The Morgan fingerprint density at radius 3 is 2.37 bits per heavy atom. The van der Waals surface area contributed by atoms with Gasteiger partial charge < -0.3 is 25.0 Å². The van der Waals surface area contributed by atoms with E-state index < -0.39 is 6.23 Å². The van der Waals surface area contributed by atoms with Crippen molar-refractivity contribution in [3.63, 3.8) is 0 Å². The van der Waals surface area contributed by atoms with Gasteiger partial charge in [-0.25, -0.2) is 0 Å². The molecule has 5 atom stereocenters. The van der Waals surface area contributed by atoms with Gasteiger partial charge in [-0.2, -0.15) is 0 Å². The van der Waals surface area contributed by atoms with Crippen LogP contribution in [0, 0.1) is 0 Å². The van der Waals surface area contributed by atoms with Crippen molar-refractivity contribution in [1.82, 2.24) is 0 Å². The van der Waals surface area contributed by atoms with E-state index in [1.165, 1.54) is 11.3 Å². The largest absolute Gasteiger partial charge is 0.378 e. The Kier molecular flexibility index (Phi) is 6.14. The maximum absolute atomic E-state index is 10.5. The SMILES string of the molecule is CC1CN(c2ccc3c(c2)C(Nc2ccc(Cl)cc2)CC(C)N3C(C)O)CC(C)O1. The Morgan fingerprint density at radius 2 is 1.73 bits per heavy atom. The molecular weight excluding hydrogens is 398 g/mol. The monoisotopic (exact) mass is 429 g/mol. The first-order valence-corrected chi connectivity index (χ1v) is 11.2. The number of nitrogens with one attached hydrogen (secondary N) is 1. The van der Waals surface area contributed by atoms with Crippen LogP contribution in [0.25, 0.3) is 0 Å². The van der Waals surface area contributed by atoms with Gasteiger partial charge in [-0.05, 0) is 82.1 Å². The van der Waals surface area contributed by atoms with Crippen molar-refractivity contribution in [3.8, 4) is 0 Å². The molecule has 6 heteroatoms. The number of hydrogen-bond acceptors (Lipinski definition) is 5. The van der Waals surface area contributed by atoms with Crippen LogP contribution in [0.15, 0.2) is 42.5 Å². The zero-order valence-electron chi connectivity index (χ0n) is 18.2. The van der Waals surface area contributed by atoms with Crippen molar-refractivity contribution < 1.29 is 9.84 Å². The number of halogens is 1. The molecule has 2 aromatic carbocycles. The third-order valence-electron chi connectivity index (χ3n) is 6.09. The molecule has 2 aliphatic heterocycles. The molecule has 4 rings (SSSR count). The molecule has 2 aromatic rings. The second kappa shape index (κ2) is 8.66. The van der Waals surface area contributed by atoms with Crippen molar-refractivity contribution in [2.24, 2.45) is 0 Å². The predicted molar refractivity (Wildman–Crippen MR) is 125 cm³/mol. The number of fused-ring (bicyclic) bond motifs is 1. The van der Waals surface area contributed by atoms with Crippen LogP contribution in [0.4, 0.5) is 17.1 Å². The number of benzene rings is 2. The summed E-state index contributed by atoms with van der Waals surface area (Å²) >= 11 is 6.06. The highest BCUT2D eigenvalue weighted by Gasteiger charge is 2.33. The van der Waals surface area contributed by atoms with E-state index in [1.807, 2.05) is 31.2 Å². The standard InChI is InChI=1S/C24H32ClN3O2/c1-15-11-23(26-20-7-5-19(25)6-8-20)22-12-21(9-10-24(22)28(15)18(4)29)27-13-16(2)30-17(3)14-27/h5-10,12,15-18,23,26,29H,11,13-14H2,1-4H3. The number of anilines is 3. The second-order valence-electron chi connectivity index (χ2n) is 8.73. The fourth-order valence-corrected chi connectivity index (χ4v) is 5.04. The number of aliphatic hydroxyl groups is 1. The van der Waals surface area contributed by atoms with Gasteiger partial charge in [-0.3, -0.25) is 0 Å². The normalized spacial score (nSPS) is 27.5. The molecule has 2 aliphatic rings. The van der Waals surface area contributed by atoms with Crippen LogP contribution >= 0.6 is 11.6 Å². The third kappa shape index (κ3) is 4.39. The Bertz CT molecular complexity index is 863. The molecule has 0 aliphatic carbocycles. The lowest BCUT2D eigenvalue weighted by Gasteiger charge is -2.44. The quantitative estimate of drug-likeness (QED) is 0.712. The molecule has 1 fully saturated rings. The molecule has 0 radical (unpaired) electrons. The number of ether oxygens (including phenoxy) is 1. The van der Waals surface area contributed by atoms with E-state index in [2.05, 4.69) is 54.1 Å². The van der Waals surface area contributed by atoms with Gasteiger partial charge in [-0.15, -0.1) is 0 Å². The van der Waals surface area contributed by atoms with Crippen molar-refractivity contribution in [2.45, 2.75) is 64.6 Å². The Hall–Kier alpha value is -1.95. The van der Waals surface area contributed by atoms with Crippen LogP contribution in [0.5, 0.6) is 0 Å². The van der Waals surface area contributed by atoms with Crippen molar-refractivity contribution in [3.05, 3.63) is 53.1 Å². The molecule has 0 bridgehead atoms. The van der Waals surface area contributed by atoms with Gasteiger partial charge in [0.15, 0.2) is 0 Å². The Morgan fingerprint density at radius 1 is 1.07 bits per heavy atom. The summed E-state index contributed by atoms with van der Waals surface area (Å²) in [6, 6.07) is 14.8. The first kappa shape index (κ1) is 21.3. The summed E-state index contributed by atoms with van der Waals surface area (Å²) in [4.78, 5) is 4.52. The minimum absolute atomic E-state index is 0.155. The molecule has 2 N–H and O–H groups in total. The molecule has 0 spiro atoms. The zero-order valence-corrected chi connectivity index (χ0v) is 18.9. The number of rotatable bonds is 4. The molecule has 162 valence electrons. The minimum atomic E-state index is -0.537. The molecule has 0 amide bonds. The van der Waals surface area contributed by atoms with Crippen molar-refractivity contribution in [1.29, 1.82) is 0 Å². The van der Waals surface area contributed by atoms with Gasteiger partial charge in [0.25, 0.3) is 0 Å². The lowest BCUT2D eigenvalue weighted by Crippen LogP contribution is -2.47. The highest BCUT2D eigenvalue weighted by molar-refractivity contribution is 6.30. The Labute approximate surface area is 184 Å². The zero-order chi connectivity index (χ0) is 21.4. The fourth-order valence-electron chi connectivity index (χ4n) is 4.91.